The Kier molecular flexibility index (Phi) is 5.60. The number of amides is 3. The maximum Gasteiger partial charge on any atom is 0.253 e. The van der Waals surface area contributed by atoms with Crippen molar-refractivity contribution in [2.45, 2.75) is 38.6 Å². The summed E-state index contributed by atoms with van der Waals surface area (Å²) in [5.41, 5.74) is 4.32. The van der Waals surface area contributed by atoms with E-state index in [2.05, 4.69) is 5.32 Å². The van der Waals surface area contributed by atoms with Crippen molar-refractivity contribution in [1.29, 1.82) is 0 Å². The van der Waals surface area contributed by atoms with Crippen molar-refractivity contribution in [1.82, 2.24) is 10.2 Å². The van der Waals surface area contributed by atoms with Crippen molar-refractivity contribution < 1.29 is 14.4 Å². The first-order valence-electron chi connectivity index (χ1n) is 12.9. The van der Waals surface area contributed by atoms with E-state index in [1.54, 1.807) is 0 Å². The Bertz CT molecular complexity index is 1160. The third-order valence-electron chi connectivity index (χ3n) is 7.64. The summed E-state index contributed by atoms with van der Waals surface area (Å²) in [5, 5.41) is 3.27. The lowest BCUT2D eigenvalue weighted by molar-refractivity contribution is -0.122. The molecule has 2 aliphatic carbocycles. The van der Waals surface area contributed by atoms with E-state index in [0.717, 1.165) is 74.4 Å². The van der Waals surface area contributed by atoms with Gasteiger partial charge >= 0.3 is 0 Å². The lowest BCUT2D eigenvalue weighted by Gasteiger charge is -2.41. The zero-order chi connectivity index (χ0) is 24.1. The van der Waals surface area contributed by atoms with Crippen molar-refractivity contribution in [3.05, 3.63) is 48.0 Å². The van der Waals surface area contributed by atoms with Gasteiger partial charge < -0.3 is 20.0 Å². The van der Waals surface area contributed by atoms with Crippen molar-refractivity contribution in [3.63, 3.8) is 0 Å². The molecular weight excluding hydrogens is 440 g/mol. The minimum absolute atomic E-state index is 0.0422. The zero-order valence-corrected chi connectivity index (χ0v) is 20.2. The highest BCUT2D eigenvalue weighted by molar-refractivity contribution is 6.07. The fraction of sp³-hybridized carbons (Fsp3) is 0.464. The van der Waals surface area contributed by atoms with E-state index in [1.165, 1.54) is 0 Å². The summed E-state index contributed by atoms with van der Waals surface area (Å²) in [6.45, 7) is 5.68. The fourth-order valence-electron chi connectivity index (χ4n) is 5.28. The van der Waals surface area contributed by atoms with Gasteiger partial charge in [0, 0.05) is 50.1 Å². The quantitative estimate of drug-likeness (QED) is 0.741. The number of hydrogen-bond acceptors (Lipinski definition) is 4. The number of piperazine rings is 1. The van der Waals surface area contributed by atoms with Crippen LogP contribution in [0.4, 0.5) is 11.4 Å². The third-order valence-corrected chi connectivity index (χ3v) is 7.64. The minimum atomic E-state index is -0.0422. The molecule has 2 aromatic carbocycles. The lowest BCUT2D eigenvalue weighted by atomic mass is 9.99. The van der Waals surface area contributed by atoms with Crippen LogP contribution in [0, 0.1) is 11.8 Å². The SMILES string of the molecule is C[C@H]1CN(C(=O)C2CC2)c2cc(-c3ccc(C(=O)N4CCNCC4)cc3)ccc2N1C(=O)C1CC1. The number of fused-ring (bicyclic) bond motifs is 1. The van der Waals surface area contributed by atoms with Crippen molar-refractivity contribution in [2.75, 3.05) is 42.5 Å². The van der Waals surface area contributed by atoms with Crippen LogP contribution in [0.15, 0.2) is 42.5 Å². The number of carbonyl (C=O) groups is 3. The third kappa shape index (κ3) is 4.22. The van der Waals surface area contributed by atoms with Gasteiger partial charge in [0.2, 0.25) is 11.8 Å². The average Bonchev–Trinajstić information content (AvgIpc) is 3.80. The second-order valence-corrected chi connectivity index (χ2v) is 10.4. The molecule has 0 spiro atoms. The molecule has 1 saturated heterocycles. The van der Waals surface area contributed by atoms with Gasteiger partial charge in [0.05, 0.1) is 17.4 Å². The zero-order valence-electron chi connectivity index (χ0n) is 20.2. The Morgan fingerprint density at radius 2 is 1.43 bits per heavy atom. The van der Waals surface area contributed by atoms with E-state index in [-0.39, 0.29) is 35.6 Å². The number of anilines is 2. The molecule has 2 saturated carbocycles. The van der Waals surface area contributed by atoms with Crippen LogP contribution in [0.5, 0.6) is 0 Å². The number of carbonyl (C=O) groups excluding carboxylic acids is 3. The smallest absolute Gasteiger partial charge is 0.253 e. The number of benzene rings is 2. The van der Waals surface area contributed by atoms with E-state index in [0.29, 0.717) is 12.1 Å². The van der Waals surface area contributed by atoms with Crippen LogP contribution in [0.1, 0.15) is 43.0 Å². The summed E-state index contributed by atoms with van der Waals surface area (Å²) < 4.78 is 0. The van der Waals surface area contributed by atoms with Crippen LogP contribution in [0.2, 0.25) is 0 Å². The highest BCUT2D eigenvalue weighted by atomic mass is 16.2. The fourth-order valence-corrected chi connectivity index (χ4v) is 5.28. The summed E-state index contributed by atoms with van der Waals surface area (Å²) in [6.07, 6.45) is 3.82. The molecule has 2 heterocycles. The molecule has 0 aromatic heterocycles. The molecule has 4 aliphatic rings. The monoisotopic (exact) mass is 472 g/mol. The molecule has 1 atom stereocenters. The summed E-state index contributed by atoms with van der Waals surface area (Å²) in [6, 6.07) is 13.7. The van der Waals surface area contributed by atoms with Gasteiger partial charge in [-0.3, -0.25) is 14.4 Å². The summed E-state index contributed by atoms with van der Waals surface area (Å²) in [4.78, 5) is 44.9. The van der Waals surface area contributed by atoms with Crippen LogP contribution in [0.3, 0.4) is 0 Å². The standard InChI is InChI=1S/C28H32N4O3/c1-18-17-31(27(34)21-6-7-21)25-16-23(10-11-24(25)32(18)28(35)22-8-9-22)19-2-4-20(5-3-19)26(33)30-14-12-29-13-15-30/h2-5,10-11,16,18,21-22,29H,6-9,12-15,17H2,1H3/t18-/m0/s1. The number of nitrogens with zero attached hydrogens (tertiary/aromatic N) is 3. The maximum atomic E-state index is 13.2. The van der Waals surface area contributed by atoms with E-state index >= 15 is 0 Å². The predicted molar refractivity (Wildman–Crippen MR) is 135 cm³/mol. The molecule has 0 unspecified atom stereocenters. The first kappa shape index (κ1) is 22.3. The first-order chi connectivity index (χ1) is 17.0. The van der Waals surface area contributed by atoms with Crippen LogP contribution in [-0.2, 0) is 9.59 Å². The Labute approximate surface area is 206 Å². The molecule has 1 N–H and O–H groups in total. The number of rotatable bonds is 4. The van der Waals surface area contributed by atoms with Crippen molar-refractivity contribution >= 4 is 29.1 Å². The largest absolute Gasteiger partial charge is 0.336 e. The highest BCUT2D eigenvalue weighted by Gasteiger charge is 2.43. The topological polar surface area (TPSA) is 73.0 Å². The maximum absolute atomic E-state index is 13.2. The normalized spacial score (nSPS) is 22.1. The number of hydrogen-bond donors (Lipinski definition) is 1. The van der Waals surface area contributed by atoms with Gasteiger partial charge in [-0.25, -0.2) is 0 Å². The van der Waals surface area contributed by atoms with Gasteiger partial charge in [-0.2, -0.15) is 0 Å². The Balaban J connectivity index is 1.32. The second-order valence-electron chi connectivity index (χ2n) is 10.4. The molecule has 2 aliphatic heterocycles. The molecule has 6 rings (SSSR count). The van der Waals surface area contributed by atoms with Crippen molar-refractivity contribution in [2.24, 2.45) is 11.8 Å². The Morgan fingerprint density at radius 1 is 0.800 bits per heavy atom. The molecule has 7 nitrogen and oxygen atoms in total. The molecule has 7 heteroatoms. The van der Waals surface area contributed by atoms with Crippen LogP contribution in [-0.4, -0.2) is 61.4 Å². The summed E-state index contributed by atoms with van der Waals surface area (Å²) in [5.74, 6) is 0.649. The van der Waals surface area contributed by atoms with Gasteiger partial charge in [-0.1, -0.05) is 18.2 Å². The van der Waals surface area contributed by atoms with E-state index in [9.17, 15) is 14.4 Å². The number of nitrogens with one attached hydrogen (secondary N) is 1. The van der Waals surface area contributed by atoms with E-state index < -0.39 is 0 Å². The van der Waals surface area contributed by atoms with Gasteiger partial charge in [-0.15, -0.1) is 0 Å². The van der Waals surface area contributed by atoms with Crippen LogP contribution < -0.4 is 15.1 Å². The lowest BCUT2D eigenvalue weighted by Crippen LogP contribution is -2.52. The van der Waals surface area contributed by atoms with Gasteiger partial charge in [0.25, 0.3) is 5.91 Å². The molecule has 3 amide bonds. The summed E-state index contributed by atoms with van der Waals surface area (Å²) >= 11 is 0. The predicted octanol–water partition coefficient (Wildman–Crippen LogP) is 3.29. The van der Waals surface area contributed by atoms with Gasteiger partial charge in [0.1, 0.15) is 0 Å². The van der Waals surface area contributed by atoms with Crippen LogP contribution >= 0.6 is 0 Å². The van der Waals surface area contributed by atoms with Crippen LogP contribution in [0.25, 0.3) is 11.1 Å². The van der Waals surface area contributed by atoms with E-state index in [4.69, 9.17) is 0 Å². The molecule has 35 heavy (non-hydrogen) atoms. The molecular formula is C28H32N4O3. The molecule has 2 aromatic rings. The molecule has 0 bridgehead atoms. The van der Waals surface area contributed by atoms with Gasteiger partial charge in [0.15, 0.2) is 0 Å². The van der Waals surface area contributed by atoms with E-state index in [1.807, 2.05) is 64.1 Å². The first-order valence-corrected chi connectivity index (χ1v) is 12.9. The Morgan fingerprint density at radius 3 is 2.09 bits per heavy atom. The van der Waals surface area contributed by atoms with Crippen molar-refractivity contribution in [3.8, 4) is 11.1 Å². The minimum Gasteiger partial charge on any atom is -0.336 e. The average molecular weight is 473 g/mol. The van der Waals surface area contributed by atoms with Gasteiger partial charge in [-0.05, 0) is 68.0 Å². The highest BCUT2D eigenvalue weighted by Crippen LogP contribution is 2.44. The summed E-state index contributed by atoms with van der Waals surface area (Å²) in [7, 11) is 0. The molecule has 182 valence electrons. The Hall–Kier alpha value is -3.19. The molecule has 0 radical (unpaired) electrons. The molecule has 3 fully saturated rings. The second kappa shape index (κ2) is 8.79.